The third kappa shape index (κ3) is 3.96. The van der Waals surface area contributed by atoms with Crippen molar-refractivity contribution in [2.24, 2.45) is 0 Å². The lowest BCUT2D eigenvalue weighted by Crippen LogP contribution is -2.39. The third-order valence-electron chi connectivity index (χ3n) is 3.42. The van der Waals surface area contributed by atoms with E-state index in [0.717, 1.165) is 44.7 Å². The molecule has 6 heteroatoms. The molecular formula is C14H18F3N3. The van der Waals surface area contributed by atoms with Crippen LogP contribution in [0.15, 0.2) is 31.0 Å². The topological polar surface area (TPSA) is 28.2 Å². The molecule has 3 nitrogen and oxygen atoms in total. The van der Waals surface area contributed by atoms with Crippen LogP contribution in [0, 0.1) is 0 Å². The Kier molecular flexibility index (Phi) is 4.65. The van der Waals surface area contributed by atoms with E-state index in [4.69, 9.17) is 0 Å². The van der Waals surface area contributed by atoms with Gasteiger partial charge < -0.3 is 5.32 Å². The Hall–Kier alpha value is -1.56. The molecule has 0 aliphatic carbocycles. The second-order valence-corrected chi connectivity index (χ2v) is 4.94. The summed E-state index contributed by atoms with van der Waals surface area (Å²) in [7, 11) is 0. The van der Waals surface area contributed by atoms with Gasteiger partial charge in [0.25, 0.3) is 0 Å². The number of alkyl halides is 3. The largest absolute Gasteiger partial charge is 0.417 e. The first-order valence-electron chi connectivity index (χ1n) is 6.62. The number of likely N-dealkylation sites (tertiary alicyclic amines) is 1. The standard InChI is InChI=1S/C14H18F3N3/c1-2-7-20-8-5-12(6-9-20)19-13-4-3-11(10-18-13)14(15,16)17/h2-4,10,12H,1,5-9H2,(H,18,19). The maximum absolute atomic E-state index is 12.4. The SMILES string of the molecule is C=CCN1CCC(Nc2ccc(C(F)(F)F)cn2)CC1. The van der Waals surface area contributed by atoms with Gasteiger partial charge in [-0.1, -0.05) is 6.08 Å². The molecule has 2 rings (SSSR count). The number of piperidine rings is 1. The van der Waals surface area contributed by atoms with E-state index in [-0.39, 0.29) is 6.04 Å². The fourth-order valence-corrected chi connectivity index (χ4v) is 2.30. The highest BCUT2D eigenvalue weighted by molar-refractivity contribution is 5.37. The van der Waals surface area contributed by atoms with Crippen LogP contribution in [0.5, 0.6) is 0 Å². The number of nitrogens with zero attached hydrogens (tertiary/aromatic N) is 2. The van der Waals surface area contributed by atoms with Crippen LogP contribution >= 0.6 is 0 Å². The first-order valence-corrected chi connectivity index (χ1v) is 6.62. The summed E-state index contributed by atoms with van der Waals surface area (Å²) in [6, 6.07) is 2.71. The Bertz CT molecular complexity index is 434. The van der Waals surface area contributed by atoms with Gasteiger partial charge in [-0.05, 0) is 25.0 Å². The van der Waals surface area contributed by atoms with Crippen molar-refractivity contribution < 1.29 is 13.2 Å². The smallest absolute Gasteiger partial charge is 0.367 e. The summed E-state index contributed by atoms with van der Waals surface area (Å²) in [5, 5.41) is 3.19. The van der Waals surface area contributed by atoms with Gasteiger partial charge in [-0.2, -0.15) is 13.2 Å². The summed E-state index contributed by atoms with van der Waals surface area (Å²) in [5.74, 6) is 0.500. The fraction of sp³-hybridized carbons (Fsp3) is 0.500. The fourth-order valence-electron chi connectivity index (χ4n) is 2.30. The molecule has 0 aromatic carbocycles. The van der Waals surface area contributed by atoms with Crippen molar-refractivity contribution in [2.75, 3.05) is 25.0 Å². The molecule has 1 aromatic rings. The highest BCUT2D eigenvalue weighted by Gasteiger charge is 2.30. The second-order valence-electron chi connectivity index (χ2n) is 4.94. The quantitative estimate of drug-likeness (QED) is 0.861. The van der Waals surface area contributed by atoms with Crippen LogP contribution in [0.4, 0.5) is 19.0 Å². The first kappa shape index (κ1) is 14.8. The van der Waals surface area contributed by atoms with E-state index < -0.39 is 11.7 Å². The monoisotopic (exact) mass is 285 g/mol. The zero-order chi connectivity index (χ0) is 14.6. The number of nitrogens with one attached hydrogen (secondary N) is 1. The summed E-state index contributed by atoms with van der Waals surface area (Å²) in [6.45, 7) is 6.52. The number of rotatable bonds is 4. The van der Waals surface area contributed by atoms with E-state index in [1.165, 1.54) is 6.07 Å². The molecule has 1 aliphatic rings. The van der Waals surface area contributed by atoms with Gasteiger partial charge in [0.15, 0.2) is 0 Å². The molecular weight excluding hydrogens is 267 g/mol. The lowest BCUT2D eigenvalue weighted by Gasteiger charge is -2.31. The van der Waals surface area contributed by atoms with Gasteiger partial charge in [-0.25, -0.2) is 4.98 Å². The van der Waals surface area contributed by atoms with Crippen LogP contribution in [0.25, 0.3) is 0 Å². The minimum absolute atomic E-state index is 0.264. The number of anilines is 1. The number of hydrogen-bond donors (Lipinski definition) is 1. The minimum Gasteiger partial charge on any atom is -0.367 e. The average molecular weight is 285 g/mol. The van der Waals surface area contributed by atoms with Gasteiger partial charge in [0.2, 0.25) is 0 Å². The van der Waals surface area contributed by atoms with E-state index in [2.05, 4.69) is 21.8 Å². The van der Waals surface area contributed by atoms with E-state index in [1.54, 1.807) is 0 Å². The molecule has 110 valence electrons. The Morgan fingerprint density at radius 3 is 2.55 bits per heavy atom. The predicted octanol–water partition coefficient (Wildman–Crippen LogP) is 3.16. The zero-order valence-electron chi connectivity index (χ0n) is 11.2. The first-order chi connectivity index (χ1) is 9.49. The molecule has 1 N–H and O–H groups in total. The lowest BCUT2D eigenvalue weighted by atomic mass is 10.1. The van der Waals surface area contributed by atoms with Crippen LogP contribution in [-0.4, -0.2) is 35.6 Å². The van der Waals surface area contributed by atoms with Gasteiger partial charge in [-0.3, -0.25) is 4.90 Å². The molecule has 0 bridgehead atoms. The summed E-state index contributed by atoms with van der Waals surface area (Å²) in [5.41, 5.74) is -0.719. The molecule has 1 aromatic heterocycles. The average Bonchev–Trinajstić information content (AvgIpc) is 2.41. The van der Waals surface area contributed by atoms with E-state index in [1.807, 2.05) is 6.08 Å². The van der Waals surface area contributed by atoms with Gasteiger partial charge >= 0.3 is 6.18 Å². The number of pyridine rings is 1. The lowest BCUT2D eigenvalue weighted by molar-refractivity contribution is -0.137. The molecule has 0 atom stereocenters. The van der Waals surface area contributed by atoms with Crippen LogP contribution in [0.1, 0.15) is 18.4 Å². The van der Waals surface area contributed by atoms with Crippen LogP contribution in [0.2, 0.25) is 0 Å². The summed E-state index contributed by atoms with van der Waals surface area (Å²) >= 11 is 0. The molecule has 0 unspecified atom stereocenters. The zero-order valence-corrected chi connectivity index (χ0v) is 11.2. The Morgan fingerprint density at radius 1 is 1.35 bits per heavy atom. The minimum atomic E-state index is -4.33. The number of aromatic nitrogens is 1. The van der Waals surface area contributed by atoms with Crippen molar-refractivity contribution in [3.05, 3.63) is 36.5 Å². The Balaban J connectivity index is 1.87. The maximum atomic E-state index is 12.4. The van der Waals surface area contributed by atoms with Crippen molar-refractivity contribution in [2.45, 2.75) is 25.1 Å². The second kappa shape index (κ2) is 6.26. The number of hydrogen-bond acceptors (Lipinski definition) is 3. The van der Waals surface area contributed by atoms with E-state index in [9.17, 15) is 13.2 Å². The van der Waals surface area contributed by atoms with E-state index in [0.29, 0.717) is 5.82 Å². The molecule has 0 spiro atoms. The molecule has 0 amide bonds. The van der Waals surface area contributed by atoms with Gasteiger partial charge in [0.1, 0.15) is 5.82 Å². The molecule has 0 radical (unpaired) electrons. The van der Waals surface area contributed by atoms with Gasteiger partial charge in [0, 0.05) is 31.9 Å². The van der Waals surface area contributed by atoms with Crippen molar-refractivity contribution in [1.29, 1.82) is 0 Å². The third-order valence-corrected chi connectivity index (χ3v) is 3.42. The van der Waals surface area contributed by atoms with Crippen molar-refractivity contribution >= 4 is 5.82 Å². The van der Waals surface area contributed by atoms with Crippen LogP contribution < -0.4 is 5.32 Å². The molecule has 1 fully saturated rings. The highest BCUT2D eigenvalue weighted by Crippen LogP contribution is 2.29. The number of halogens is 3. The summed E-state index contributed by atoms with van der Waals surface area (Å²) in [4.78, 5) is 6.13. The molecule has 0 saturated carbocycles. The molecule has 1 aliphatic heterocycles. The van der Waals surface area contributed by atoms with Crippen molar-refractivity contribution in [1.82, 2.24) is 9.88 Å². The molecule has 1 saturated heterocycles. The summed E-state index contributed by atoms with van der Waals surface area (Å²) in [6.07, 6.45) is 0.328. The van der Waals surface area contributed by atoms with Gasteiger partial charge in [0.05, 0.1) is 5.56 Å². The normalized spacial score (nSPS) is 17.9. The van der Waals surface area contributed by atoms with Crippen molar-refractivity contribution in [3.8, 4) is 0 Å². The van der Waals surface area contributed by atoms with E-state index >= 15 is 0 Å². The summed E-state index contributed by atoms with van der Waals surface area (Å²) < 4.78 is 37.3. The van der Waals surface area contributed by atoms with Crippen LogP contribution in [0.3, 0.4) is 0 Å². The van der Waals surface area contributed by atoms with Gasteiger partial charge in [-0.15, -0.1) is 6.58 Å². The van der Waals surface area contributed by atoms with Crippen molar-refractivity contribution in [3.63, 3.8) is 0 Å². The predicted molar refractivity (Wildman–Crippen MR) is 72.5 cm³/mol. The molecule has 20 heavy (non-hydrogen) atoms. The Labute approximate surface area is 116 Å². The Morgan fingerprint density at radius 2 is 2.05 bits per heavy atom. The highest BCUT2D eigenvalue weighted by atomic mass is 19.4. The van der Waals surface area contributed by atoms with Crippen LogP contribution in [-0.2, 0) is 6.18 Å². The molecule has 2 heterocycles. The maximum Gasteiger partial charge on any atom is 0.417 e.